The molecule has 4 atom stereocenters. The molecule has 3 saturated heterocycles. The van der Waals surface area contributed by atoms with E-state index in [0.717, 1.165) is 4.90 Å². The van der Waals surface area contributed by atoms with E-state index < -0.39 is 63.9 Å². The number of carboxylic acids is 1. The molecule has 3 fully saturated rings. The Hall–Kier alpha value is -3.61. The number of carbonyl (C=O) groups is 6. The van der Waals surface area contributed by atoms with Gasteiger partial charge in [-0.05, 0) is 26.3 Å². The normalized spacial score (nSPS) is 25.7. The van der Waals surface area contributed by atoms with Gasteiger partial charge < -0.3 is 25.5 Å². The standard InChI is InChI=1S/C23H27N5O7S/c1-4-26-10-11-27(19(32)18(26)31)22(35)25-13(12-8-6-5-7-9-12)16(29)24-14-17(30)28-15(21(33)34)23(2,3)36-20(14)28/h5-9,13-15,20H,4,10-11H2,1-3H3,(H,24,29)(H,25,35)(H,33,34)/t13?,14-,15?,20?/m1/s1. The van der Waals surface area contributed by atoms with E-state index in [1.165, 1.54) is 21.6 Å². The Kier molecular flexibility index (Phi) is 6.69. The largest absolute Gasteiger partial charge is 0.480 e. The highest BCUT2D eigenvalue weighted by Crippen LogP contribution is 2.50. The summed E-state index contributed by atoms with van der Waals surface area (Å²) < 4.78 is -0.758. The summed E-state index contributed by atoms with van der Waals surface area (Å²) in [7, 11) is 0. The second-order valence-electron chi connectivity index (χ2n) is 9.22. The number of urea groups is 1. The molecule has 3 heterocycles. The molecular weight excluding hydrogens is 490 g/mol. The number of fused-ring (bicyclic) bond motifs is 1. The number of carboxylic acid groups (broad SMARTS) is 1. The Morgan fingerprint density at radius 1 is 1.11 bits per heavy atom. The summed E-state index contributed by atoms with van der Waals surface area (Å²) in [5.41, 5.74) is 0.403. The SMILES string of the molecule is CCN1CCN(C(=O)NC(C(=O)N[C@@H]2C(=O)N3C2SC(C)(C)C3C(=O)O)c2ccccc2)C(=O)C1=O. The molecule has 36 heavy (non-hydrogen) atoms. The second kappa shape index (κ2) is 9.45. The molecule has 3 aliphatic heterocycles. The van der Waals surface area contributed by atoms with Gasteiger partial charge in [-0.3, -0.25) is 24.1 Å². The fourth-order valence-electron chi connectivity index (χ4n) is 4.70. The van der Waals surface area contributed by atoms with Crippen molar-refractivity contribution in [3.05, 3.63) is 35.9 Å². The van der Waals surface area contributed by atoms with E-state index >= 15 is 0 Å². The molecule has 0 aromatic heterocycles. The minimum Gasteiger partial charge on any atom is -0.480 e. The highest BCUT2D eigenvalue weighted by atomic mass is 32.2. The Morgan fingerprint density at radius 3 is 2.39 bits per heavy atom. The zero-order valence-electron chi connectivity index (χ0n) is 20.0. The van der Waals surface area contributed by atoms with Gasteiger partial charge in [0, 0.05) is 24.4 Å². The van der Waals surface area contributed by atoms with Crippen LogP contribution in [0.25, 0.3) is 0 Å². The smallest absolute Gasteiger partial charge is 0.327 e. The van der Waals surface area contributed by atoms with Crippen LogP contribution in [0.4, 0.5) is 4.79 Å². The number of amides is 6. The van der Waals surface area contributed by atoms with Gasteiger partial charge in [0.25, 0.3) is 0 Å². The molecule has 1 aromatic carbocycles. The molecule has 0 bridgehead atoms. The predicted molar refractivity (Wildman–Crippen MR) is 127 cm³/mol. The van der Waals surface area contributed by atoms with Crippen LogP contribution >= 0.6 is 11.8 Å². The van der Waals surface area contributed by atoms with Gasteiger partial charge in [0.05, 0.1) is 0 Å². The number of nitrogens with one attached hydrogen (secondary N) is 2. The van der Waals surface area contributed by atoms with E-state index in [1.54, 1.807) is 51.1 Å². The lowest BCUT2D eigenvalue weighted by Gasteiger charge is -2.44. The molecule has 6 amide bonds. The average Bonchev–Trinajstić information content (AvgIpc) is 3.10. The summed E-state index contributed by atoms with van der Waals surface area (Å²) in [4.78, 5) is 78.8. The lowest BCUT2D eigenvalue weighted by atomic mass is 9.95. The number of hydrogen-bond donors (Lipinski definition) is 3. The molecule has 0 saturated carbocycles. The number of thioether (sulfide) groups is 1. The first kappa shape index (κ1) is 25.5. The molecule has 12 nitrogen and oxygen atoms in total. The van der Waals surface area contributed by atoms with Crippen molar-refractivity contribution >= 4 is 47.4 Å². The van der Waals surface area contributed by atoms with Crippen LogP contribution < -0.4 is 10.6 Å². The molecule has 4 rings (SSSR count). The minimum absolute atomic E-state index is 0.0200. The van der Waals surface area contributed by atoms with E-state index in [-0.39, 0.29) is 13.1 Å². The summed E-state index contributed by atoms with van der Waals surface area (Å²) in [5, 5.41) is 14.2. The summed E-state index contributed by atoms with van der Waals surface area (Å²) in [6, 6.07) is 4.11. The molecule has 0 aliphatic carbocycles. The zero-order valence-corrected chi connectivity index (χ0v) is 20.8. The fraction of sp³-hybridized carbons (Fsp3) is 0.478. The minimum atomic E-state index is -1.26. The summed E-state index contributed by atoms with van der Waals surface area (Å²) in [6.45, 7) is 5.67. The number of benzene rings is 1. The molecular formula is C23H27N5O7S. The number of rotatable bonds is 6. The van der Waals surface area contributed by atoms with Crippen LogP contribution in [0.1, 0.15) is 32.4 Å². The third-order valence-corrected chi connectivity index (χ3v) is 8.14. The molecule has 0 radical (unpaired) electrons. The van der Waals surface area contributed by atoms with Crippen molar-refractivity contribution in [2.24, 2.45) is 0 Å². The van der Waals surface area contributed by atoms with Gasteiger partial charge in [-0.2, -0.15) is 0 Å². The summed E-state index contributed by atoms with van der Waals surface area (Å²) in [5.74, 6) is -4.12. The number of imide groups is 1. The molecule has 192 valence electrons. The fourth-order valence-corrected chi connectivity index (χ4v) is 6.32. The van der Waals surface area contributed by atoms with Crippen LogP contribution in [0.3, 0.4) is 0 Å². The van der Waals surface area contributed by atoms with Crippen LogP contribution in [0.15, 0.2) is 30.3 Å². The quantitative estimate of drug-likeness (QED) is 0.345. The van der Waals surface area contributed by atoms with Crippen molar-refractivity contribution in [3.8, 4) is 0 Å². The zero-order chi connectivity index (χ0) is 26.4. The van der Waals surface area contributed by atoms with E-state index in [9.17, 15) is 33.9 Å². The van der Waals surface area contributed by atoms with Crippen LogP contribution in [0.5, 0.6) is 0 Å². The number of nitrogens with zero attached hydrogens (tertiary/aromatic N) is 3. The van der Waals surface area contributed by atoms with Crippen LogP contribution in [0, 0.1) is 0 Å². The predicted octanol–water partition coefficient (Wildman–Crippen LogP) is -0.240. The topological polar surface area (TPSA) is 156 Å². The van der Waals surface area contributed by atoms with Gasteiger partial charge in [0.15, 0.2) is 0 Å². The molecule has 3 unspecified atom stereocenters. The van der Waals surface area contributed by atoms with Crippen LogP contribution in [-0.2, 0) is 24.0 Å². The van der Waals surface area contributed by atoms with Gasteiger partial charge in [-0.1, -0.05) is 30.3 Å². The Bertz CT molecular complexity index is 1130. The van der Waals surface area contributed by atoms with E-state index in [2.05, 4.69) is 10.6 Å². The summed E-state index contributed by atoms with van der Waals surface area (Å²) in [6.07, 6.45) is 0. The average molecular weight is 518 g/mol. The highest BCUT2D eigenvalue weighted by molar-refractivity contribution is 8.01. The number of aliphatic carboxylic acids is 1. The third kappa shape index (κ3) is 4.27. The van der Waals surface area contributed by atoms with Crippen molar-refractivity contribution in [1.82, 2.24) is 25.3 Å². The first-order valence-corrected chi connectivity index (χ1v) is 12.3. The maximum atomic E-state index is 13.3. The molecule has 3 N–H and O–H groups in total. The molecule has 13 heteroatoms. The van der Waals surface area contributed by atoms with Gasteiger partial charge in [0.1, 0.15) is 23.5 Å². The van der Waals surface area contributed by atoms with Gasteiger partial charge in [-0.15, -0.1) is 11.8 Å². The van der Waals surface area contributed by atoms with Crippen LogP contribution in [0.2, 0.25) is 0 Å². The maximum absolute atomic E-state index is 13.3. The van der Waals surface area contributed by atoms with Crippen LogP contribution in [-0.4, -0.2) is 97.3 Å². The number of hydrogen-bond acceptors (Lipinski definition) is 7. The van der Waals surface area contributed by atoms with Gasteiger partial charge in [0.2, 0.25) is 11.8 Å². The van der Waals surface area contributed by atoms with Crippen molar-refractivity contribution in [3.63, 3.8) is 0 Å². The first-order chi connectivity index (χ1) is 17.0. The second-order valence-corrected chi connectivity index (χ2v) is 11.0. The maximum Gasteiger partial charge on any atom is 0.327 e. The molecule has 0 spiro atoms. The third-order valence-electron chi connectivity index (χ3n) is 6.57. The molecule has 1 aromatic rings. The summed E-state index contributed by atoms with van der Waals surface area (Å²) >= 11 is 1.28. The number of carbonyl (C=O) groups excluding carboxylic acids is 5. The van der Waals surface area contributed by atoms with E-state index in [4.69, 9.17) is 0 Å². The van der Waals surface area contributed by atoms with Gasteiger partial charge >= 0.3 is 23.8 Å². The van der Waals surface area contributed by atoms with Crippen molar-refractivity contribution in [2.45, 2.75) is 49.0 Å². The highest BCUT2D eigenvalue weighted by Gasteiger charge is 2.64. The lowest BCUT2D eigenvalue weighted by Crippen LogP contribution is -2.71. The van der Waals surface area contributed by atoms with Crippen molar-refractivity contribution < 1.29 is 33.9 Å². The number of β-lactam (4-membered cyclic amide) rings is 1. The molecule has 3 aliphatic rings. The number of piperazine rings is 1. The first-order valence-electron chi connectivity index (χ1n) is 11.5. The monoisotopic (exact) mass is 517 g/mol. The Morgan fingerprint density at radius 2 is 1.78 bits per heavy atom. The Balaban J connectivity index is 1.51. The Labute approximate surface area is 211 Å². The van der Waals surface area contributed by atoms with Crippen molar-refractivity contribution in [1.29, 1.82) is 0 Å². The van der Waals surface area contributed by atoms with E-state index in [0.29, 0.717) is 12.1 Å². The van der Waals surface area contributed by atoms with Crippen molar-refractivity contribution in [2.75, 3.05) is 19.6 Å². The lowest BCUT2D eigenvalue weighted by molar-refractivity contribution is -0.161. The number of likely N-dealkylation sites (N-methyl/N-ethyl adjacent to an activating group) is 1. The van der Waals surface area contributed by atoms with E-state index in [1.807, 2.05) is 0 Å². The van der Waals surface area contributed by atoms with Gasteiger partial charge in [-0.25, -0.2) is 9.59 Å².